The van der Waals surface area contributed by atoms with Gasteiger partial charge in [-0.25, -0.2) is 8.42 Å². The highest BCUT2D eigenvalue weighted by molar-refractivity contribution is 7.90. The molecule has 2 N–H and O–H groups in total. The molecule has 0 aromatic heterocycles. The highest BCUT2D eigenvalue weighted by Gasteiger charge is 2.40. The number of hydrogen-bond acceptors (Lipinski definition) is 4. The van der Waals surface area contributed by atoms with Crippen molar-refractivity contribution >= 4 is 28.2 Å². The SMILES string of the molecule is CS(=O)(=O)c1ccc(C(=O)N2CC3CCCC(N)C3C2)cc1.Cl. The fourth-order valence-electron chi connectivity index (χ4n) is 3.71. The zero-order chi connectivity index (χ0) is 15.9. The predicted octanol–water partition coefficient (Wildman–Crippen LogP) is 1.71. The van der Waals surface area contributed by atoms with E-state index in [1.165, 1.54) is 12.1 Å². The molecule has 1 saturated heterocycles. The number of hydrogen-bond donors (Lipinski definition) is 1. The number of amides is 1. The number of halogens is 1. The second kappa shape index (κ2) is 6.79. The predicted molar refractivity (Wildman–Crippen MR) is 91.5 cm³/mol. The first kappa shape index (κ1) is 18.2. The molecule has 1 saturated carbocycles. The third-order valence-electron chi connectivity index (χ3n) is 4.97. The van der Waals surface area contributed by atoms with E-state index in [0.717, 1.165) is 38.6 Å². The van der Waals surface area contributed by atoms with E-state index in [1.54, 1.807) is 12.1 Å². The first-order valence-electron chi connectivity index (χ1n) is 7.71. The quantitative estimate of drug-likeness (QED) is 0.872. The van der Waals surface area contributed by atoms with Crippen LogP contribution < -0.4 is 5.73 Å². The van der Waals surface area contributed by atoms with Crippen molar-refractivity contribution in [2.24, 2.45) is 17.6 Å². The fraction of sp³-hybridized carbons (Fsp3) is 0.562. The Balaban J connectivity index is 0.00000192. The molecule has 1 aliphatic heterocycles. The van der Waals surface area contributed by atoms with Crippen LogP contribution in [0.1, 0.15) is 29.6 Å². The van der Waals surface area contributed by atoms with Gasteiger partial charge in [0.15, 0.2) is 9.84 Å². The summed E-state index contributed by atoms with van der Waals surface area (Å²) in [6.07, 6.45) is 4.51. The molecule has 1 amide bonds. The normalized spacial score (nSPS) is 27.2. The number of benzene rings is 1. The van der Waals surface area contributed by atoms with Crippen LogP contribution in [-0.4, -0.2) is 44.6 Å². The summed E-state index contributed by atoms with van der Waals surface area (Å²) in [6, 6.07) is 6.39. The van der Waals surface area contributed by atoms with E-state index in [-0.39, 0.29) is 29.3 Å². The molecule has 7 heteroatoms. The van der Waals surface area contributed by atoms with Crippen LogP contribution in [-0.2, 0) is 9.84 Å². The third-order valence-corrected chi connectivity index (χ3v) is 6.10. The standard InChI is InChI=1S/C16H22N2O3S.ClH/c1-22(20,21)13-7-5-11(6-8-13)16(19)18-9-12-3-2-4-15(17)14(12)10-18;/h5-8,12,14-15H,2-4,9-10,17H2,1H3;1H. The van der Waals surface area contributed by atoms with Crippen molar-refractivity contribution in [3.63, 3.8) is 0 Å². The van der Waals surface area contributed by atoms with Gasteiger partial charge in [-0.3, -0.25) is 4.79 Å². The molecular formula is C16H23ClN2O3S. The Morgan fingerprint density at radius 2 is 1.83 bits per heavy atom. The monoisotopic (exact) mass is 358 g/mol. The van der Waals surface area contributed by atoms with Crippen LogP contribution >= 0.6 is 12.4 Å². The molecule has 0 spiro atoms. The topological polar surface area (TPSA) is 80.5 Å². The first-order valence-corrected chi connectivity index (χ1v) is 9.60. The molecule has 1 heterocycles. The molecule has 1 aliphatic carbocycles. The average molecular weight is 359 g/mol. The number of sulfone groups is 1. The van der Waals surface area contributed by atoms with Crippen molar-refractivity contribution in [1.82, 2.24) is 4.90 Å². The minimum atomic E-state index is -3.23. The lowest BCUT2D eigenvalue weighted by molar-refractivity contribution is 0.0783. The maximum absolute atomic E-state index is 12.6. The Hall–Kier alpha value is -1.11. The van der Waals surface area contributed by atoms with Gasteiger partial charge in [-0.15, -0.1) is 12.4 Å². The van der Waals surface area contributed by atoms with E-state index in [0.29, 0.717) is 17.4 Å². The molecular weight excluding hydrogens is 336 g/mol. The van der Waals surface area contributed by atoms with Crippen LogP contribution in [0.5, 0.6) is 0 Å². The molecule has 0 bridgehead atoms. The van der Waals surface area contributed by atoms with Gasteiger partial charge < -0.3 is 10.6 Å². The van der Waals surface area contributed by atoms with E-state index in [4.69, 9.17) is 5.73 Å². The van der Waals surface area contributed by atoms with Gasteiger partial charge in [-0.1, -0.05) is 6.42 Å². The van der Waals surface area contributed by atoms with Crippen molar-refractivity contribution in [1.29, 1.82) is 0 Å². The van der Waals surface area contributed by atoms with E-state index in [9.17, 15) is 13.2 Å². The highest BCUT2D eigenvalue weighted by Crippen LogP contribution is 2.36. The van der Waals surface area contributed by atoms with Crippen LogP contribution in [0.15, 0.2) is 29.2 Å². The number of fused-ring (bicyclic) bond motifs is 1. The maximum Gasteiger partial charge on any atom is 0.253 e. The molecule has 23 heavy (non-hydrogen) atoms. The van der Waals surface area contributed by atoms with Gasteiger partial charge in [-0.05, 0) is 48.9 Å². The molecule has 0 radical (unpaired) electrons. The Kier molecular flexibility index (Phi) is 5.38. The molecule has 3 unspecified atom stereocenters. The van der Waals surface area contributed by atoms with Crippen LogP contribution in [0.25, 0.3) is 0 Å². The van der Waals surface area contributed by atoms with Crippen molar-refractivity contribution in [2.45, 2.75) is 30.2 Å². The van der Waals surface area contributed by atoms with Crippen molar-refractivity contribution in [2.75, 3.05) is 19.3 Å². The van der Waals surface area contributed by atoms with Crippen LogP contribution in [0.3, 0.4) is 0 Å². The van der Waals surface area contributed by atoms with Crippen molar-refractivity contribution in [3.8, 4) is 0 Å². The van der Waals surface area contributed by atoms with Crippen molar-refractivity contribution in [3.05, 3.63) is 29.8 Å². The summed E-state index contributed by atoms with van der Waals surface area (Å²) >= 11 is 0. The smallest absolute Gasteiger partial charge is 0.253 e. The van der Waals surface area contributed by atoms with Gasteiger partial charge in [0, 0.05) is 31.0 Å². The lowest BCUT2D eigenvalue weighted by atomic mass is 9.78. The van der Waals surface area contributed by atoms with Crippen LogP contribution in [0.4, 0.5) is 0 Å². The highest BCUT2D eigenvalue weighted by atomic mass is 35.5. The number of nitrogens with zero attached hydrogens (tertiary/aromatic N) is 1. The summed E-state index contributed by atoms with van der Waals surface area (Å²) in [4.78, 5) is 14.7. The van der Waals surface area contributed by atoms with Gasteiger partial charge in [0.1, 0.15) is 0 Å². The van der Waals surface area contributed by atoms with E-state index in [2.05, 4.69) is 0 Å². The minimum Gasteiger partial charge on any atom is -0.338 e. The largest absolute Gasteiger partial charge is 0.338 e. The van der Waals surface area contributed by atoms with Gasteiger partial charge in [0.05, 0.1) is 4.90 Å². The third kappa shape index (κ3) is 3.70. The first-order chi connectivity index (χ1) is 10.4. The van der Waals surface area contributed by atoms with Crippen LogP contribution in [0, 0.1) is 11.8 Å². The number of carbonyl (C=O) groups is 1. The summed E-state index contributed by atoms with van der Waals surface area (Å²) in [6.45, 7) is 1.49. The molecule has 3 atom stereocenters. The molecule has 2 aliphatic rings. The lowest BCUT2D eigenvalue weighted by Crippen LogP contribution is -2.38. The molecule has 5 nitrogen and oxygen atoms in total. The van der Waals surface area contributed by atoms with Gasteiger partial charge in [-0.2, -0.15) is 0 Å². The Labute approximate surface area is 143 Å². The van der Waals surface area contributed by atoms with Crippen LogP contribution in [0.2, 0.25) is 0 Å². The number of rotatable bonds is 2. The van der Waals surface area contributed by atoms with Gasteiger partial charge in [0.25, 0.3) is 5.91 Å². The van der Waals surface area contributed by atoms with E-state index in [1.807, 2.05) is 4.90 Å². The second-order valence-corrected chi connectivity index (χ2v) is 8.54. The van der Waals surface area contributed by atoms with Gasteiger partial charge >= 0.3 is 0 Å². The Morgan fingerprint density at radius 1 is 1.17 bits per heavy atom. The summed E-state index contributed by atoms with van der Waals surface area (Å²) in [5, 5.41) is 0. The van der Waals surface area contributed by atoms with E-state index >= 15 is 0 Å². The summed E-state index contributed by atoms with van der Waals surface area (Å²) in [5.41, 5.74) is 6.73. The number of likely N-dealkylation sites (tertiary alicyclic amines) is 1. The van der Waals surface area contributed by atoms with E-state index < -0.39 is 9.84 Å². The number of carbonyl (C=O) groups excluding carboxylic acids is 1. The second-order valence-electron chi connectivity index (χ2n) is 6.53. The molecule has 128 valence electrons. The lowest BCUT2D eigenvalue weighted by Gasteiger charge is -2.29. The zero-order valence-electron chi connectivity index (χ0n) is 13.1. The Morgan fingerprint density at radius 3 is 2.39 bits per heavy atom. The average Bonchev–Trinajstić information content (AvgIpc) is 2.91. The molecule has 1 aromatic carbocycles. The fourth-order valence-corrected chi connectivity index (χ4v) is 4.34. The number of nitrogens with two attached hydrogens (primary N) is 1. The van der Waals surface area contributed by atoms with Crippen molar-refractivity contribution < 1.29 is 13.2 Å². The van der Waals surface area contributed by atoms with Gasteiger partial charge in [0.2, 0.25) is 0 Å². The minimum absolute atomic E-state index is 0. The summed E-state index contributed by atoms with van der Waals surface area (Å²) in [7, 11) is -3.23. The summed E-state index contributed by atoms with van der Waals surface area (Å²) in [5.74, 6) is 0.901. The maximum atomic E-state index is 12.6. The summed E-state index contributed by atoms with van der Waals surface area (Å²) < 4.78 is 22.9. The Bertz CT molecular complexity index is 675. The molecule has 1 aromatic rings. The molecule has 3 rings (SSSR count). The molecule has 2 fully saturated rings. The zero-order valence-corrected chi connectivity index (χ0v) is 14.8.